The van der Waals surface area contributed by atoms with E-state index in [1.54, 1.807) is 30.3 Å². The van der Waals surface area contributed by atoms with E-state index < -0.39 is 27.6 Å². The van der Waals surface area contributed by atoms with E-state index in [9.17, 15) is 18.0 Å². The normalized spacial score (nSPS) is 11.9. The van der Waals surface area contributed by atoms with E-state index in [2.05, 4.69) is 25.7 Å². The SMILES string of the molecule is COc1c(NC(=O)c2ccc(C)c(-n3cc(OC(=O)NC(C)(C)c4ccccc4)nn3)c2)cc(C(C)(C)C)cc1NS(C)(=O)=O. The van der Waals surface area contributed by atoms with Gasteiger partial charge >= 0.3 is 6.09 Å². The van der Waals surface area contributed by atoms with Crippen LogP contribution < -0.4 is 24.8 Å². The average molecular weight is 635 g/mol. The molecule has 0 bridgehead atoms. The van der Waals surface area contributed by atoms with Crippen LogP contribution in [0.5, 0.6) is 11.6 Å². The summed E-state index contributed by atoms with van der Waals surface area (Å²) in [6, 6.07) is 18.0. The number of rotatable bonds is 9. The third kappa shape index (κ3) is 8.18. The Balaban J connectivity index is 1.57. The smallest absolute Gasteiger partial charge is 0.414 e. The van der Waals surface area contributed by atoms with Gasteiger partial charge in [-0.05, 0) is 67.1 Å². The molecule has 1 heterocycles. The Morgan fingerprint density at radius 2 is 1.58 bits per heavy atom. The van der Waals surface area contributed by atoms with Gasteiger partial charge in [0.05, 0.1) is 42.2 Å². The molecule has 0 atom stereocenters. The van der Waals surface area contributed by atoms with E-state index in [0.29, 0.717) is 11.4 Å². The molecule has 238 valence electrons. The number of nitrogens with one attached hydrogen (secondary N) is 3. The Kier molecular flexibility index (Phi) is 9.24. The fraction of sp³-hybridized carbons (Fsp3) is 0.312. The fourth-order valence-electron chi connectivity index (χ4n) is 4.56. The van der Waals surface area contributed by atoms with Gasteiger partial charge in [0.15, 0.2) is 5.75 Å². The summed E-state index contributed by atoms with van der Waals surface area (Å²) in [7, 11) is -2.24. The van der Waals surface area contributed by atoms with E-state index in [1.165, 1.54) is 18.0 Å². The first-order valence-corrected chi connectivity index (χ1v) is 16.0. The van der Waals surface area contributed by atoms with E-state index in [1.807, 2.05) is 71.9 Å². The van der Waals surface area contributed by atoms with Crippen molar-refractivity contribution < 1.29 is 27.5 Å². The number of carbonyl (C=O) groups excluding carboxylic acids is 2. The van der Waals surface area contributed by atoms with Crippen LogP contribution in [0.2, 0.25) is 0 Å². The highest BCUT2D eigenvalue weighted by atomic mass is 32.2. The van der Waals surface area contributed by atoms with Gasteiger partial charge in [-0.2, -0.15) is 0 Å². The van der Waals surface area contributed by atoms with Crippen molar-refractivity contribution in [2.24, 2.45) is 0 Å². The lowest BCUT2D eigenvalue weighted by Crippen LogP contribution is -2.42. The van der Waals surface area contributed by atoms with E-state index in [4.69, 9.17) is 9.47 Å². The minimum atomic E-state index is -3.63. The third-order valence-corrected chi connectivity index (χ3v) is 7.59. The highest BCUT2D eigenvalue weighted by Crippen LogP contribution is 2.39. The Morgan fingerprint density at radius 1 is 0.911 bits per heavy atom. The molecule has 0 fully saturated rings. The van der Waals surface area contributed by atoms with Crippen LogP contribution in [0.25, 0.3) is 5.69 Å². The number of benzene rings is 3. The minimum Gasteiger partial charge on any atom is -0.492 e. The first-order valence-electron chi connectivity index (χ1n) is 14.1. The molecule has 45 heavy (non-hydrogen) atoms. The highest BCUT2D eigenvalue weighted by molar-refractivity contribution is 7.92. The molecule has 0 aliphatic rings. The van der Waals surface area contributed by atoms with E-state index in [0.717, 1.165) is 22.9 Å². The van der Waals surface area contributed by atoms with Crippen molar-refractivity contribution in [2.75, 3.05) is 23.4 Å². The zero-order chi connectivity index (χ0) is 33.2. The predicted octanol–water partition coefficient (Wildman–Crippen LogP) is 5.53. The maximum absolute atomic E-state index is 13.5. The Morgan fingerprint density at radius 3 is 2.20 bits per heavy atom. The molecule has 0 radical (unpaired) electrons. The molecule has 13 heteroatoms. The number of aromatic nitrogens is 3. The summed E-state index contributed by atoms with van der Waals surface area (Å²) in [4.78, 5) is 26.2. The van der Waals surface area contributed by atoms with Crippen LogP contribution in [0.1, 0.15) is 61.7 Å². The number of ether oxygens (including phenoxy) is 2. The average Bonchev–Trinajstić information content (AvgIpc) is 3.39. The topological polar surface area (TPSA) is 154 Å². The molecule has 0 saturated heterocycles. The summed E-state index contributed by atoms with van der Waals surface area (Å²) < 4.78 is 38.9. The van der Waals surface area contributed by atoms with Crippen molar-refractivity contribution in [3.8, 4) is 17.3 Å². The summed E-state index contributed by atoms with van der Waals surface area (Å²) >= 11 is 0. The molecule has 2 amide bonds. The standard InChI is InChI=1S/C32H38N6O6S/c1-20-14-15-21(29(39)33-24-17-23(31(2,3)4)18-25(28(24)43-7)36-45(8,41)42)16-26(20)38-19-27(35-37-38)44-30(40)34-32(5,6)22-12-10-9-11-13-22/h9-19,36H,1-8H3,(H,33,39)(H,34,40). The molecular weight excluding hydrogens is 596 g/mol. The lowest BCUT2D eigenvalue weighted by atomic mass is 9.86. The zero-order valence-electron chi connectivity index (χ0n) is 26.6. The molecular formula is C32H38N6O6S. The molecule has 0 saturated carbocycles. The number of hydrogen-bond donors (Lipinski definition) is 3. The van der Waals surface area contributed by atoms with Crippen LogP contribution in [0.3, 0.4) is 0 Å². The Bertz CT molecular complexity index is 1830. The van der Waals surface area contributed by atoms with Crippen molar-refractivity contribution >= 4 is 33.4 Å². The molecule has 0 aliphatic carbocycles. The second-order valence-electron chi connectivity index (χ2n) is 12.2. The van der Waals surface area contributed by atoms with Crippen molar-refractivity contribution in [1.82, 2.24) is 20.3 Å². The van der Waals surface area contributed by atoms with Gasteiger partial charge in [-0.25, -0.2) is 17.9 Å². The number of sulfonamides is 1. The molecule has 1 aromatic heterocycles. The van der Waals surface area contributed by atoms with Gasteiger partial charge in [0.2, 0.25) is 10.0 Å². The Labute approximate surface area is 263 Å². The number of hydrogen-bond acceptors (Lipinski definition) is 8. The number of amides is 2. The number of aryl methyl sites for hydroxylation is 1. The van der Waals surface area contributed by atoms with Crippen LogP contribution in [0, 0.1) is 6.92 Å². The van der Waals surface area contributed by atoms with Gasteiger partial charge in [-0.15, -0.1) is 0 Å². The number of methoxy groups -OCH3 is 1. The minimum absolute atomic E-state index is 0.0275. The zero-order valence-corrected chi connectivity index (χ0v) is 27.4. The maximum atomic E-state index is 13.5. The quantitative estimate of drug-likeness (QED) is 0.217. The van der Waals surface area contributed by atoms with Gasteiger partial charge in [0, 0.05) is 5.56 Å². The van der Waals surface area contributed by atoms with Gasteiger partial charge in [-0.1, -0.05) is 67.5 Å². The van der Waals surface area contributed by atoms with Crippen molar-refractivity contribution in [1.29, 1.82) is 0 Å². The first kappa shape index (κ1) is 33.0. The second kappa shape index (κ2) is 12.6. The molecule has 3 N–H and O–H groups in total. The van der Waals surface area contributed by atoms with E-state index >= 15 is 0 Å². The molecule has 12 nitrogen and oxygen atoms in total. The van der Waals surface area contributed by atoms with Crippen molar-refractivity contribution in [3.63, 3.8) is 0 Å². The number of anilines is 2. The summed E-state index contributed by atoms with van der Waals surface area (Å²) in [6.07, 6.45) is 1.79. The number of carbonyl (C=O) groups is 2. The van der Waals surface area contributed by atoms with Crippen molar-refractivity contribution in [3.05, 3.63) is 89.1 Å². The van der Waals surface area contributed by atoms with Crippen LogP contribution in [0.4, 0.5) is 16.2 Å². The maximum Gasteiger partial charge on any atom is 0.414 e. The van der Waals surface area contributed by atoms with Crippen LogP contribution in [0.15, 0.2) is 66.9 Å². The number of nitrogens with zero attached hydrogens (tertiary/aromatic N) is 3. The van der Waals surface area contributed by atoms with Gasteiger partial charge in [0.1, 0.15) is 0 Å². The third-order valence-electron chi connectivity index (χ3n) is 7.00. The predicted molar refractivity (Wildman–Crippen MR) is 173 cm³/mol. The van der Waals surface area contributed by atoms with Crippen LogP contribution in [-0.4, -0.2) is 48.8 Å². The van der Waals surface area contributed by atoms with Gasteiger partial charge in [-0.3, -0.25) is 9.52 Å². The van der Waals surface area contributed by atoms with Gasteiger partial charge < -0.3 is 20.1 Å². The lowest BCUT2D eigenvalue weighted by molar-refractivity contribution is 0.102. The second-order valence-corrected chi connectivity index (χ2v) is 13.9. The molecule has 0 spiro atoms. The molecule has 4 rings (SSSR count). The summed E-state index contributed by atoms with van der Waals surface area (Å²) in [5, 5.41) is 13.8. The summed E-state index contributed by atoms with van der Waals surface area (Å²) in [5.74, 6) is -0.328. The summed E-state index contributed by atoms with van der Waals surface area (Å²) in [6.45, 7) is 11.5. The Hall–Kier alpha value is -4.91. The fourth-order valence-corrected chi connectivity index (χ4v) is 5.11. The van der Waals surface area contributed by atoms with Crippen LogP contribution >= 0.6 is 0 Å². The van der Waals surface area contributed by atoms with Gasteiger partial charge in [0.25, 0.3) is 11.8 Å². The van der Waals surface area contributed by atoms with E-state index in [-0.39, 0.29) is 28.3 Å². The first-order chi connectivity index (χ1) is 21.0. The van der Waals surface area contributed by atoms with Crippen LogP contribution in [-0.2, 0) is 21.0 Å². The summed E-state index contributed by atoms with van der Waals surface area (Å²) in [5.41, 5.74) is 2.73. The highest BCUT2D eigenvalue weighted by Gasteiger charge is 2.25. The molecule has 3 aromatic carbocycles. The molecule has 4 aromatic rings. The lowest BCUT2D eigenvalue weighted by Gasteiger charge is -2.25. The molecule has 0 aliphatic heterocycles. The largest absolute Gasteiger partial charge is 0.492 e. The monoisotopic (exact) mass is 634 g/mol. The van der Waals surface area contributed by atoms with Crippen molar-refractivity contribution in [2.45, 2.75) is 52.5 Å². The molecule has 0 unspecified atom stereocenters.